The topological polar surface area (TPSA) is 84.9 Å². The Morgan fingerprint density at radius 3 is 2.64 bits per heavy atom. The SMILES string of the molecule is COc1ccc(C(=O)C[C@]2(O)C(=O)Nc3ccc(Cl)cc32)c(OC)c1. The molecule has 0 aliphatic carbocycles. The number of Topliss-reactive ketones (excluding diaryl/α,β-unsaturated/α-hetero) is 1. The molecule has 7 heteroatoms. The molecule has 25 heavy (non-hydrogen) atoms. The lowest BCUT2D eigenvalue weighted by molar-refractivity contribution is -0.133. The highest BCUT2D eigenvalue weighted by Gasteiger charge is 2.47. The molecule has 0 fully saturated rings. The van der Waals surface area contributed by atoms with Crippen LogP contribution < -0.4 is 14.8 Å². The zero-order valence-electron chi connectivity index (χ0n) is 13.6. The number of carbonyl (C=O) groups excluding carboxylic acids is 2. The van der Waals surface area contributed by atoms with E-state index >= 15 is 0 Å². The number of ether oxygens (including phenoxy) is 2. The molecule has 3 rings (SSSR count). The molecule has 1 atom stereocenters. The zero-order chi connectivity index (χ0) is 18.2. The monoisotopic (exact) mass is 361 g/mol. The van der Waals surface area contributed by atoms with Crippen molar-refractivity contribution in [3.8, 4) is 11.5 Å². The van der Waals surface area contributed by atoms with Gasteiger partial charge in [0.25, 0.3) is 5.91 Å². The van der Waals surface area contributed by atoms with Gasteiger partial charge in [-0.2, -0.15) is 0 Å². The van der Waals surface area contributed by atoms with Crippen molar-refractivity contribution in [2.45, 2.75) is 12.0 Å². The molecule has 1 aliphatic heterocycles. The number of aliphatic hydroxyl groups is 1. The van der Waals surface area contributed by atoms with Gasteiger partial charge < -0.3 is 19.9 Å². The lowest BCUT2D eigenvalue weighted by Gasteiger charge is -2.20. The Morgan fingerprint density at radius 1 is 1.20 bits per heavy atom. The summed E-state index contributed by atoms with van der Waals surface area (Å²) in [6.45, 7) is 0. The van der Waals surface area contributed by atoms with Crippen LogP contribution in [0.25, 0.3) is 0 Å². The Hall–Kier alpha value is -2.57. The predicted octanol–water partition coefficient (Wildman–Crippen LogP) is 2.77. The number of halogens is 1. The summed E-state index contributed by atoms with van der Waals surface area (Å²) in [5, 5.41) is 13.8. The van der Waals surface area contributed by atoms with Gasteiger partial charge in [0.2, 0.25) is 0 Å². The van der Waals surface area contributed by atoms with E-state index in [1.54, 1.807) is 24.3 Å². The van der Waals surface area contributed by atoms with Crippen LogP contribution in [-0.2, 0) is 10.4 Å². The van der Waals surface area contributed by atoms with Gasteiger partial charge in [-0.15, -0.1) is 0 Å². The van der Waals surface area contributed by atoms with Crippen molar-refractivity contribution < 1.29 is 24.2 Å². The van der Waals surface area contributed by atoms with Crippen LogP contribution in [0.3, 0.4) is 0 Å². The molecule has 1 aliphatic rings. The fourth-order valence-electron chi connectivity index (χ4n) is 2.85. The van der Waals surface area contributed by atoms with Gasteiger partial charge in [0.05, 0.1) is 26.2 Å². The van der Waals surface area contributed by atoms with Crippen LogP contribution in [0.1, 0.15) is 22.3 Å². The molecule has 0 bridgehead atoms. The molecule has 6 nitrogen and oxygen atoms in total. The molecule has 2 aromatic carbocycles. The Labute approximate surface area is 149 Å². The maximum Gasteiger partial charge on any atom is 0.261 e. The van der Waals surface area contributed by atoms with Gasteiger partial charge in [-0.05, 0) is 30.3 Å². The summed E-state index contributed by atoms with van der Waals surface area (Å²) in [5.74, 6) is -0.268. The van der Waals surface area contributed by atoms with Crippen molar-refractivity contribution in [2.24, 2.45) is 0 Å². The maximum atomic E-state index is 12.7. The summed E-state index contributed by atoms with van der Waals surface area (Å²) in [5.41, 5.74) is -1.01. The van der Waals surface area contributed by atoms with E-state index in [0.29, 0.717) is 22.2 Å². The first-order chi connectivity index (χ1) is 11.9. The van der Waals surface area contributed by atoms with E-state index in [2.05, 4.69) is 5.32 Å². The molecule has 0 saturated heterocycles. The van der Waals surface area contributed by atoms with E-state index < -0.39 is 23.7 Å². The number of fused-ring (bicyclic) bond motifs is 1. The molecule has 0 radical (unpaired) electrons. The number of hydrogen-bond donors (Lipinski definition) is 2. The van der Waals surface area contributed by atoms with Crippen molar-refractivity contribution >= 4 is 29.0 Å². The summed E-state index contributed by atoms with van der Waals surface area (Å²) in [4.78, 5) is 25.0. The number of amides is 1. The average Bonchev–Trinajstić information content (AvgIpc) is 2.84. The van der Waals surface area contributed by atoms with Crippen molar-refractivity contribution in [1.82, 2.24) is 0 Å². The smallest absolute Gasteiger partial charge is 0.261 e. The van der Waals surface area contributed by atoms with Crippen LogP contribution in [0.4, 0.5) is 5.69 Å². The minimum absolute atomic E-state index is 0.250. The number of nitrogens with one attached hydrogen (secondary N) is 1. The number of anilines is 1. The van der Waals surface area contributed by atoms with Gasteiger partial charge in [-0.25, -0.2) is 0 Å². The first-order valence-electron chi connectivity index (χ1n) is 7.48. The molecule has 0 unspecified atom stereocenters. The number of benzene rings is 2. The van der Waals surface area contributed by atoms with Crippen LogP contribution in [0.2, 0.25) is 5.02 Å². The van der Waals surface area contributed by atoms with E-state index in [1.807, 2.05) is 0 Å². The van der Waals surface area contributed by atoms with Crippen LogP contribution in [0, 0.1) is 0 Å². The lowest BCUT2D eigenvalue weighted by atomic mass is 9.88. The third kappa shape index (κ3) is 2.94. The summed E-state index contributed by atoms with van der Waals surface area (Å²) >= 11 is 5.96. The second-order valence-electron chi connectivity index (χ2n) is 5.67. The lowest BCUT2D eigenvalue weighted by Crippen LogP contribution is -2.36. The standard InChI is InChI=1S/C18H16ClNO5/c1-24-11-4-5-12(16(8-11)25-2)15(21)9-18(23)13-7-10(19)3-6-14(13)20-17(18)22/h3-8,23H,9H2,1-2H3,(H,20,22)/t18-/m1/s1. The van der Waals surface area contributed by atoms with E-state index in [9.17, 15) is 14.7 Å². The first-order valence-corrected chi connectivity index (χ1v) is 7.86. The maximum absolute atomic E-state index is 12.7. The summed E-state index contributed by atoms with van der Waals surface area (Å²) in [7, 11) is 2.93. The van der Waals surface area contributed by atoms with Crippen LogP contribution >= 0.6 is 11.6 Å². The fourth-order valence-corrected chi connectivity index (χ4v) is 3.02. The molecule has 2 N–H and O–H groups in total. The van der Waals surface area contributed by atoms with Crippen molar-refractivity contribution in [3.05, 3.63) is 52.5 Å². The third-order valence-electron chi connectivity index (χ3n) is 4.18. The number of methoxy groups -OCH3 is 2. The number of rotatable bonds is 5. The van der Waals surface area contributed by atoms with E-state index in [1.165, 1.54) is 26.4 Å². The molecule has 1 heterocycles. The van der Waals surface area contributed by atoms with Crippen LogP contribution in [-0.4, -0.2) is 31.0 Å². The second kappa shape index (κ2) is 6.38. The molecular weight excluding hydrogens is 346 g/mol. The highest BCUT2D eigenvalue weighted by Crippen LogP contribution is 2.41. The summed E-state index contributed by atoms with van der Waals surface area (Å²) in [6, 6.07) is 9.38. The van der Waals surface area contributed by atoms with Gasteiger partial charge in [0.1, 0.15) is 11.5 Å². The Kier molecular flexibility index (Phi) is 4.41. The zero-order valence-corrected chi connectivity index (χ0v) is 14.4. The van der Waals surface area contributed by atoms with E-state index in [0.717, 1.165) is 0 Å². The Bertz CT molecular complexity index is 867. The Balaban J connectivity index is 1.96. The molecular formula is C18H16ClNO5. The summed E-state index contributed by atoms with van der Waals surface area (Å²) in [6.07, 6.45) is -0.436. The first kappa shape index (κ1) is 17.3. The minimum atomic E-state index is -1.98. The third-order valence-corrected chi connectivity index (χ3v) is 4.41. The predicted molar refractivity (Wildman–Crippen MR) is 92.5 cm³/mol. The van der Waals surface area contributed by atoms with Crippen molar-refractivity contribution in [3.63, 3.8) is 0 Å². The van der Waals surface area contributed by atoms with Crippen LogP contribution in [0.5, 0.6) is 11.5 Å². The highest BCUT2D eigenvalue weighted by atomic mass is 35.5. The molecule has 2 aromatic rings. The number of hydrogen-bond acceptors (Lipinski definition) is 5. The van der Waals surface area contributed by atoms with Gasteiger partial charge in [-0.1, -0.05) is 11.6 Å². The van der Waals surface area contributed by atoms with Crippen molar-refractivity contribution in [1.29, 1.82) is 0 Å². The van der Waals surface area contributed by atoms with E-state index in [-0.39, 0.29) is 11.1 Å². The quantitative estimate of drug-likeness (QED) is 0.800. The molecule has 0 saturated carbocycles. The minimum Gasteiger partial charge on any atom is -0.497 e. The van der Waals surface area contributed by atoms with Gasteiger partial charge in [0, 0.05) is 22.3 Å². The summed E-state index contributed by atoms with van der Waals surface area (Å²) < 4.78 is 10.3. The molecule has 0 aromatic heterocycles. The highest BCUT2D eigenvalue weighted by molar-refractivity contribution is 6.31. The second-order valence-corrected chi connectivity index (χ2v) is 6.11. The van der Waals surface area contributed by atoms with Gasteiger partial charge >= 0.3 is 0 Å². The number of carbonyl (C=O) groups is 2. The van der Waals surface area contributed by atoms with Gasteiger partial charge in [0.15, 0.2) is 11.4 Å². The van der Waals surface area contributed by atoms with Gasteiger partial charge in [-0.3, -0.25) is 9.59 Å². The fraction of sp³-hybridized carbons (Fsp3) is 0.222. The van der Waals surface area contributed by atoms with E-state index in [4.69, 9.17) is 21.1 Å². The van der Waals surface area contributed by atoms with Crippen molar-refractivity contribution in [2.75, 3.05) is 19.5 Å². The molecule has 0 spiro atoms. The largest absolute Gasteiger partial charge is 0.497 e. The average molecular weight is 362 g/mol. The van der Waals surface area contributed by atoms with Crippen LogP contribution in [0.15, 0.2) is 36.4 Å². The normalized spacial score (nSPS) is 18.5. The molecule has 130 valence electrons. The number of ketones is 1. The Morgan fingerprint density at radius 2 is 1.96 bits per heavy atom. The molecule has 1 amide bonds.